The van der Waals surface area contributed by atoms with E-state index in [0.29, 0.717) is 32.1 Å². The van der Waals surface area contributed by atoms with E-state index in [1.807, 2.05) is 25.7 Å². The maximum absolute atomic E-state index is 12.6. The first-order valence-corrected chi connectivity index (χ1v) is 9.51. The molecule has 1 N–H and O–H groups in total. The predicted molar refractivity (Wildman–Crippen MR) is 105 cm³/mol. The van der Waals surface area contributed by atoms with E-state index in [4.69, 9.17) is 9.47 Å². The summed E-state index contributed by atoms with van der Waals surface area (Å²) in [5.41, 5.74) is -0.466. The number of H-pyrrole nitrogens is 1. The van der Waals surface area contributed by atoms with Crippen LogP contribution in [-0.4, -0.2) is 74.9 Å². The highest BCUT2D eigenvalue weighted by molar-refractivity contribution is 5.75. The maximum atomic E-state index is 12.6. The Hall–Kier alpha value is -3.11. The van der Waals surface area contributed by atoms with Crippen LogP contribution >= 0.6 is 0 Å². The Labute approximate surface area is 167 Å². The average molecular weight is 406 g/mol. The topological polar surface area (TPSA) is 123 Å². The number of nitrogens with zero attached hydrogens (tertiary/aromatic N) is 5. The number of imidazole rings is 1. The molecule has 158 valence electrons. The number of carbonyl (C=O) groups is 2. The molecular formula is C18H26N6O5. The first kappa shape index (κ1) is 20.6. The first-order valence-electron chi connectivity index (χ1n) is 9.51. The lowest BCUT2D eigenvalue weighted by Crippen LogP contribution is -2.50. The molecule has 0 saturated carbocycles. The van der Waals surface area contributed by atoms with Gasteiger partial charge in [-0.3, -0.25) is 14.6 Å². The zero-order chi connectivity index (χ0) is 21.2. The van der Waals surface area contributed by atoms with Gasteiger partial charge in [0.15, 0.2) is 11.2 Å². The summed E-state index contributed by atoms with van der Waals surface area (Å²) in [6, 6.07) is 0. The Morgan fingerprint density at radius 1 is 1.21 bits per heavy atom. The number of esters is 1. The normalized spacial score (nSPS) is 14.9. The van der Waals surface area contributed by atoms with E-state index in [-0.39, 0.29) is 36.0 Å². The van der Waals surface area contributed by atoms with Gasteiger partial charge in [0, 0.05) is 26.2 Å². The second-order valence-corrected chi connectivity index (χ2v) is 7.69. The zero-order valence-corrected chi connectivity index (χ0v) is 17.1. The highest BCUT2D eigenvalue weighted by Gasteiger charge is 2.27. The molecule has 11 nitrogen and oxygen atoms in total. The van der Waals surface area contributed by atoms with Crippen LogP contribution in [0.3, 0.4) is 0 Å². The smallest absolute Gasteiger partial charge is 0.410 e. The van der Waals surface area contributed by atoms with Crippen LogP contribution in [0, 0.1) is 0 Å². The molecule has 29 heavy (non-hydrogen) atoms. The molecule has 0 radical (unpaired) electrons. The quantitative estimate of drug-likeness (QED) is 0.738. The summed E-state index contributed by atoms with van der Waals surface area (Å²) in [6.45, 7) is 9.25. The molecule has 0 aliphatic carbocycles. The lowest BCUT2D eigenvalue weighted by molar-refractivity contribution is -0.143. The fourth-order valence-corrected chi connectivity index (χ4v) is 3.02. The first-order chi connectivity index (χ1) is 13.7. The summed E-state index contributed by atoms with van der Waals surface area (Å²) in [5.74, 6) is -0.0683. The van der Waals surface area contributed by atoms with Crippen molar-refractivity contribution in [3.05, 3.63) is 16.7 Å². The molecule has 0 bridgehead atoms. The summed E-state index contributed by atoms with van der Waals surface area (Å²) in [6.07, 6.45) is 1.04. The molecule has 0 unspecified atom stereocenters. The molecule has 1 aliphatic rings. The Morgan fingerprint density at radius 2 is 1.90 bits per heavy atom. The molecule has 0 atom stereocenters. The summed E-state index contributed by atoms with van der Waals surface area (Å²) in [7, 11) is 0. The number of ether oxygens (including phenoxy) is 2. The lowest BCUT2D eigenvalue weighted by Gasteiger charge is -2.35. The Morgan fingerprint density at radius 3 is 2.52 bits per heavy atom. The van der Waals surface area contributed by atoms with Gasteiger partial charge >= 0.3 is 12.1 Å². The molecule has 1 fully saturated rings. The Kier molecular flexibility index (Phi) is 5.76. The molecule has 3 heterocycles. The second-order valence-electron chi connectivity index (χ2n) is 7.69. The van der Waals surface area contributed by atoms with Gasteiger partial charge in [-0.15, -0.1) is 0 Å². The molecule has 1 amide bonds. The monoisotopic (exact) mass is 406 g/mol. The van der Waals surface area contributed by atoms with Crippen molar-refractivity contribution < 1.29 is 19.1 Å². The van der Waals surface area contributed by atoms with Gasteiger partial charge in [-0.2, -0.15) is 4.98 Å². The Bertz CT molecular complexity index is 952. The largest absolute Gasteiger partial charge is 0.465 e. The average Bonchev–Trinajstić information content (AvgIpc) is 3.04. The zero-order valence-electron chi connectivity index (χ0n) is 17.1. The van der Waals surface area contributed by atoms with Crippen LogP contribution in [0.2, 0.25) is 0 Å². The highest BCUT2D eigenvalue weighted by Crippen LogP contribution is 2.16. The van der Waals surface area contributed by atoms with E-state index in [2.05, 4.69) is 15.0 Å². The second kappa shape index (κ2) is 8.10. The molecule has 0 spiro atoms. The number of amides is 1. The minimum absolute atomic E-state index is 0.108. The van der Waals surface area contributed by atoms with Crippen LogP contribution in [-0.2, 0) is 20.8 Å². The van der Waals surface area contributed by atoms with Crippen molar-refractivity contribution in [3.63, 3.8) is 0 Å². The van der Waals surface area contributed by atoms with E-state index in [1.54, 1.807) is 11.8 Å². The van der Waals surface area contributed by atoms with E-state index in [9.17, 15) is 14.4 Å². The van der Waals surface area contributed by atoms with Crippen LogP contribution in [0.15, 0.2) is 11.1 Å². The van der Waals surface area contributed by atoms with Crippen LogP contribution in [0.1, 0.15) is 27.7 Å². The third kappa shape index (κ3) is 4.84. The summed E-state index contributed by atoms with van der Waals surface area (Å²) < 4.78 is 11.7. The standard InChI is InChI=1S/C18H26N6O5/c1-5-28-12(25)10-24-11-19-14-13(24)15(26)21-16(20-14)22-6-8-23(9-7-22)17(27)29-18(2,3)4/h11H,5-10H2,1-4H3,(H,20,21,26). The van der Waals surface area contributed by atoms with Gasteiger partial charge in [0.25, 0.3) is 5.56 Å². The molecule has 11 heteroatoms. The van der Waals surface area contributed by atoms with E-state index >= 15 is 0 Å². The maximum Gasteiger partial charge on any atom is 0.410 e. The predicted octanol–water partition coefficient (Wildman–Crippen LogP) is 0.740. The number of rotatable bonds is 4. The van der Waals surface area contributed by atoms with Gasteiger partial charge in [-0.05, 0) is 27.7 Å². The number of piperazine rings is 1. The molecule has 3 rings (SSSR count). The van der Waals surface area contributed by atoms with Crippen molar-refractivity contribution >= 4 is 29.2 Å². The van der Waals surface area contributed by atoms with Crippen LogP contribution in [0.5, 0.6) is 0 Å². The number of fused-ring (bicyclic) bond motifs is 1. The number of aromatic amines is 1. The van der Waals surface area contributed by atoms with Crippen molar-refractivity contribution in [1.82, 2.24) is 24.4 Å². The fourth-order valence-electron chi connectivity index (χ4n) is 3.02. The third-order valence-electron chi connectivity index (χ3n) is 4.31. The molecule has 0 aromatic carbocycles. The fraction of sp³-hybridized carbons (Fsp3) is 0.611. The number of carbonyl (C=O) groups excluding carboxylic acids is 2. The van der Waals surface area contributed by atoms with Gasteiger partial charge in [0.1, 0.15) is 12.1 Å². The van der Waals surface area contributed by atoms with Crippen molar-refractivity contribution in [2.45, 2.75) is 39.8 Å². The van der Waals surface area contributed by atoms with E-state index < -0.39 is 11.6 Å². The van der Waals surface area contributed by atoms with Crippen LogP contribution in [0.4, 0.5) is 10.7 Å². The van der Waals surface area contributed by atoms with E-state index in [1.165, 1.54) is 10.9 Å². The minimum atomic E-state index is -0.547. The van der Waals surface area contributed by atoms with Gasteiger partial charge in [-0.25, -0.2) is 9.78 Å². The van der Waals surface area contributed by atoms with Crippen molar-refractivity contribution in [3.8, 4) is 0 Å². The Balaban J connectivity index is 1.71. The van der Waals surface area contributed by atoms with Gasteiger partial charge in [0.2, 0.25) is 5.95 Å². The summed E-state index contributed by atoms with van der Waals surface area (Å²) >= 11 is 0. The number of aromatic nitrogens is 4. The lowest BCUT2D eigenvalue weighted by atomic mass is 10.2. The number of hydrogen-bond acceptors (Lipinski definition) is 8. The summed E-state index contributed by atoms with van der Waals surface area (Å²) in [4.78, 5) is 51.3. The van der Waals surface area contributed by atoms with Crippen LogP contribution < -0.4 is 10.5 Å². The van der Waals surface area contributed by atoms with E-state index in [0.717, 1.165) is 0 Å². The number of nitrogens with one attached hydrogen (secondary N) is 1. The van der Waals surface area contributed by atoms with Crippen LogP contribution in [0.25, 0.3) is 11.2 Å². The van der Waals surface area contributed by atoms with Gasteiger partial charge in [0.05, 0.1) is 12.9 Å². The highest BCUT2D eigenvalue weighted by atomic mass is 16.6. The van der Waals surface area contributed by atoms with Crippen molar-refractivity contribution in [1.29, 1.82) is 0 Å². The molecule has 1 saturated heterocycles. The van der Waals surface area contributed by atoms with Crippen molar-refractivity contribution in [2.24, 2.45) is 0 Å². The molecule has 2 aromatic heterocycles. The molecule has 2 aromatic rings. The third-order valence-corrected chi connectivity index (χ3v) is 4.31. The molecular weight excluding hydrogens is 380 g/mol. The number of anilines is 1. The van der Waals surface area contributed by atoms with Gasteiger partial charge in [-0.1, -0.05) is 0 Å². The SMILES string of the molecule is CCOC(=O)Cn1cnc2nc(N3CCN(C(=O)OC(C)(C)C)CC3)[nH]c(=O)c21. The summed E-state index contributed by atoms with van der Waals surface area (Å²) in [5, 5.41) is 0. The van der Waals surface area contributed by atoms with Gasteiger partial charge < -0.3 is 23.8 Å². The minimum Gasteiger partial charge on any atom is -0.465 e. The van der Waals surface area contributed by atoms with Crippen molar-refractivity contribution in [2.75, 3.05) is 37.7 Å². The number of hydrogen-bond donors (Lipinski definition) is 1. The molecule has 1 aliphatic heterocycles.